The van der Waals surface area contributed by atoms with Gasteiger partial charge in [0, 0.05) is 31.5 Å². The summed E-state index contributed by atoms with van der Waals surface area (Å²) in [7, 11) is 0. The largest absolute Gasteiger partial charge is 0.491 e. The molecule has 0 bridgehead atoms. The Labute approximate surface area is 124 Å². The third-order valence-corrected chi connectivity index (χ3v) is 2.69. The van der Waals surface area contributed by atoms with Gasteiger partial charge in [-0.05, 0) is 44.6 Å². The highest BCUT2D eigenvalue weighted by molar-refractivity contribution is 7.80. The number of rotatable bonds is 8. The van der Waals surface area contributed by atoms with Crippen LogP contribution in [0.25, 0.3) is 0 Å². The second kappa shape index (κ2) is 9.50. The van der Waals surface area contributed by atoms with Gasteiger partial charge in [-0.1, -0.05) is 0 Å². The van der Waals surface area contributed by atoms with E-state index in [9.17, 15) is 4.39 Å². The Morgan fingerprint density at radius 2 is 2.10 bits per heavy atom. The van der Waals surface area contributed by atoms with Gasteiger partial charge in [-0.2, -0.15) is 0 Å². The molecule has 112 valence electrons. The van der Waals surface area contributed by atoms with Crippen LogP contribution in [0.2, 0.25) is 0 Å². The van der Waals surface area contributed by atoms with E-state index >= 15 is 0 Å². The summed E-state index contributed by atoms with van der Waals surface area (Å²) in [5.74, 6) is -0.162. The quantitative estimate of drug-likeness (QED) is 0.571. The molecule has 0 fully saturated rings. The minimum Gasteiger partial charge on any atom is -0.491 e. The summed E-state index contributed by atoms with van der Waals surface area (Å²) in [5, 5.41) is 6.43. The molecule has 0 unspecified atom stereocenters. The fourth-order valence-corrected chi connectivity index (χ4v) is 1.77. The highest BCUT2D eigenvalue weighted by Crippen LogP contribution is 2.20. The molecule has 1 aromatic carbocycles. The van der Waals surface area contributed by atoms with Crippen molar-refractivity contribution in [2.45, 2.75) is 20.3 Å². The van der Waals surface area contributed by atoms with Gasteiger partial charge in [0.2, 0.25) is 0 Å². The van der Waals surface area contributed by atoms with Crippen molar-refractivity contribution in [2.24, 2.45) is 0 Å². The first-order chi connectivity index (χ1) is 9.67. The summed E-state index contributed by atoms with van der Waals surface area (Å²) >= 11 is 5.12. The molecule has 0 aliphatic heterocycles. The number of ether oxygens (including phenoxy) is 2. The van der Waals surface area contributed by atoms with E-state index in [4.69, 9.17) is 21.7 Å². The summed E-state index contributed by atoms with van der Waals surface area (Å²) in [6.07, 6.45) is 0.868. The maximum atomic E-state index is 13.6. The lowest BCUT2D eigenvalue weighted by molar-refractivity contribution is 0.146. The van der Waals surface area contributed by atoms with Gasteiger partial charge in [-0.3, -0.25) is 0 Å². The molecule has 0 aromatic heterocycles. The van der Waals surface area contributed by atoms with Crippen molar-refractivity contribution in [2.75, 3.05) is 31.7 Å². The molecule has 0 radical (unpaired) electrons. The van der Waals surface area contributed by atoms with Crippen molar-refractivity contribution in [3.05, 3.63) is 24.0 Å². The van der Waals surface area contributed by atoms with Crippen LogP contribution in [0.5, 0.6) is 5.75 Å². The molecule has 1 aromatic rings. The Morgan fingerprint density at radius 1 is 1.30 bits per heavy atom. The van der Waals surface area contributed by atoms with Crippen molar-refractivity contribution in [3.8, 4) is 5.75 Å². The predicted molar refractivity (Wildman–Crippen MR) is 82.9 cm³/mol. The molecule has 4 nitrogen and oxygen atoms in total. The van der Waals surface area contributed by atoms with Gasteiger partial charge in [-0.25, -0.2) is 4.39 Å². The highest BCUT2D eigenvalue weighted by Gasteiger charge is 2.05. The van der Waals surface area contributed by atoms with Crippen LogP contribution in [0.15, 0.2) is 18.2 Å². The molecule has 0 saturated heterocycles. The normalized spacial score (nSPS) is 10.2. The summed E-state index contributed by atoms with van der Waals surface area (Å²) < 4.78 is 24.0. The van der Waals surface area contributed by atoms with Crippen LogP contribution in [0.4, 0.5) is 10.1 Å². The fraction of sp³-hybridized carbons (Fsp3) is 0.500. The molecule has 0 heterocycles. The molecular weight excluding hydrogens is 279 g/mol. The van der Waals surface area contributed by atoms with Crippen LogP contribution < -0.4 is 15.4 Å². The van der Waals surface area contributed by atoms with Crippen LogP contribution >= 0.6 is 12.2 Å². The SMILES string of the molecule is CCOCCCNC(=S)Nc1ccc(OCC)c(F)c1. The summed E-state index contributed by atoms with van der Waals surface area (Å²) in [5.41, 5.74) is 0.591. The number of benzene rings is 1. The molecule has 0 aliphatic rings. The molecule has 0 aliphatic carbocycles. The molecular formula is C14H21FN2O2S. The first-order valence-corrected chi connectivity index (χ1v) is 7.13. The lowest BCUT2D eigenvalue weighted by atomic mass is 10.3. The molecule has 6 heteroatoms. The van der Waals surface area contributed by atoms with Gasteiger partial charge in [-0.15, -0.1) is 0 Å². The summed E-state index contributed by atoms with van der Waals surface area (Å²) in [6, 6.07) is 4.67. The van der Waals surface area contributed by atoms with Crippen LogP contribution in [0, 0.1) is 5.82 Å². The Hall–Kier alpha value is -1.40. The van der Waals surface area contributed by atoms with E-state index in [1.807, 2.05) is 13.8 Å². The summed E-state index contributed by atoms with van der Waals surface area (Å²) in [6.45, 7) is 6.33. The standard InChI is InChI=1S/C14H21FN2O2S/c1-3-18-9-5-8-16-14(20)17-11-6-7-13(19-4-2)12(15)10-11/h6-7,10H,3-5,8-9H2,1-2H3,(H2,16,17,20). The Morgan fingerprint density at radius 3 is 2.75 bits per heavy atom. The van der Waals surface area contributed by atoms with Crippen LogP contribution in [0.3, 0.4) is 0 Å². The maximum Gasteiger partial charge on any atom is 0.170 e. The number of halogens is 1. The lowest BCUT2D eigenvalue weighted by Crippen LogP contribution is -2.29. The fourth-order valence-electron chi connectivity index (χ4n) is 1.55. The van der Waals surface area contributed by atoms with Crippen molar-refractivity contribution in [3.63, 3.8) is 0 Å². The molecule has 0 atom stereocenters. The van der Waals surface area contributed by atoms with E-state index in [2.05, 4.69) is 10.6 Å². The molecule has 2 N–H and O–H groups in total. The van der Waals surface area contributed by atoms with E-state index in [1.165, 1.54) is 6.07 Å². The third-order valence-electron chi connectivity index (χ3n) is 2.44. The van der Waals surface area contributed by atoms with Crippen molar-refractivity contribution >= 4 is 23.0 Å². The average molecular weight is 300 g/mol. The van der Waals surface area contributed by atoms with E-state index in [-0.39, 0.29) is 5.75 Å². The second-order valence-corrected chi connectivity index (χ2v) is 4.42. The Balaban J connectivity index is 2.36. The maximum absolute atomic E-state index is 13.6. The predicted octanol–water partition coefficient (Wildman–Crippen LogP) is 2.94. The van der Waals surface area contributed by atoms with Crippen molar-refractivity contribution < 1.29 is 13.9 Å². The Kier molecular flexibility index (Phi) is 7.91. The van der Waals surface area contributed by atoms with Gasteiger partial charge in [0.15, 0.2) is 16.7 Å². The molecule has 1 rings (SSSR count). The van der Waals surface area contributed by atoms with Gasteiger partial charge in [0.1, 0.15) is 0 Å². The lowest BCUT2D eigenvalue weighted by Gasteiger charge is -2.11. The number of anilines is 1. The van der Waals surface area contributed by atoms with Crippen molar-refractivity contribution in [1.82, 2.24) is 5.32 Å². The zero-order valence-corrected chi connectivity index (χ0v) is 12.7. The monoisotopic (exact) mass is 300 g/mol. The highest BCUT2D eigenvalue weighted by atomic mass is 32.1. The van der Waals surface area contributed by atoms with Gasteiger partial charge in [0.25, 0.3) is 0 Å². The van der Waals surface area contributed by atoms with E-state index in [1.54, 1.807) is 12.1 Å². The minimum atomic E-state index is -0.406. The summed E-state index contributed by atoms with van der Waals surface area (Å²) in [4.78, 5) is 0. The number of hydrogen-bond donors (Lipinski definition) is 2. The average Bonchev–Trinajstić information content (AvgIpc) is 2.42. The number of thiocarbonyl (C=S) groups is 1. The van der Waals surface area contributed by atoms with Gasteiger partial charge >= 0.3 is 0 Å². The van der Waals surface area contributed by atoms with E-state index < -0.39 is 5.82 Å². The zero-order valence-electron chi connectivity index (χ0n) is 11.9. The topological polar surface area (TPSA) is 42.5 Å². The van der Waals surface area contributed by atoms with Crippen LogP contribution in [0.1, 0.15) is 20.3 Å². The van der Waals surface area contributed by atoms with Crippen molar-refractivity contribution in [1.29, 1.82) is 0 Å². The minimum absolute atomic E-state index is 0.244. The smallest absolute Gasteiger partial charge is 0.170 e. The van der Waals surface area contributed by atoms with Crippen LogP contribution in [-0.4, -0.2) is 31.5 Å². The molecule has 0 amide bonds. The Bertz CT molecular complexity index is 430. The number of hydrogen-bond acceptors (Lipinski definition) is 3. The molecule has 0 spiro atoms. The van der Waals surface area contributed by atoms with Gasteiger partial charge < -0.3 is 20.1 Å². The third kappa shape index (κ3) is 6.16. The number of nitrogens with one attached hydrogen (secondary N) is 2. The molecule has 0 saturated carbocycles. The van der Waals surface area contributed by atoms with E-state index in [0.717, 1.165) is 6.42 Å². The van der Waals surface area contributed by atoms with Gasteiger partial charge in [0.05, 0.1) is 6.61 Å². The molecule has 20 heavy (non-hydrogen) atoms. The first-order valence-electron chi connectivity index (χ1n) is 6.72. The first kappa shape index (κ1) is 16.7. The van der Waals surface area contributed by atoms with E-state index in [0.29, 0.717) is 37.2 Å². The second-order valence-electron chi connectivity index (χ2n) is 4.01. The van der Waals surface area contributed by atoms with Crippen LogP contribution in [-0.2, 0) is 4.74 Å². The zero-order chi connectivity index (χ0) is 14.8.